The second-order valence-corrected chi connectivity index (χ2v) is 5.62. The summed E-state index contributed by atoms with van der Waals surface area (Å²) in [4.78, 5) is 0. The molecule has 0 amide bonds. The lowest BCUT2D eigenvalue weighted by Crippen LogP contribution is -2.24. The molecule has 0 aliphatic carbocycles. The van der Waals surface area contributed by atoms with Crippen molar-refractivity contribution < 1.29 is 4.74 Å². The molecule has 1 aromatic rings. The Kier molecular flexibility index (Phi) is 4.65. The van der Waals surface area contributed by atoms with Crippen LogP contribution in [-0.2, 0) is 0 Å². The van der Waals surface area contributed by atoms with E-state index in [1.807, 2.05) is 7.05 Å². The predicted molar refractivity (Wildman–Crippen MR) is 76.2 cm³/mol. The molecule has 1 aliphatic heterocycles. The lowest BCUT2D eigenvalue weighted by molar-refractivity contribution is 0.240. The van der Waals surface area contributed by atoms with Crippen LogP contribution in [0.4, 0.5) is 0 Å². The number of hydrogen-bond donors (Lipinski definition) is 1. The number of benzene rings is 1. The minimum Gasteiger partial charge on any atom is -0.493 e. The highest BCUT2D eigenvalue weighted by molar-refractivity contribution is 5.37. The third kappa shape index (κ3) is 3.05. The summed E-state index contributed by atoms with van der Waals surface area (Å²) in [7, 11) is 2.03. The number of ether oxygens (including phenoxy) is 1. The SMILES string of the molecule is CNCC(C)C(C)CC1CCOc2ccccc21. The molecule has 0 radical (unpaired) electrons. The maximum absolute atomic E-state index is 5.73. The largest absolute Gasteiger partial charge is 0.493 e. The third-order valence-corrected chi connectivity index (χ3v) is 4.24. The van der Waals surface area contributed by atoms with Gasteiger partial charge in [-0.05, 0) is 55.8 Å². The molecule has 1 aliphatic rings. The molecular formula is C16H25NO. The normalized spacial score (nSPS) is 21.8. The van der Waals surface area contributed by atoms with Crippen LogP contribution in [0, 0.1) is 11.8 Å². The van der Waals surface area contributed by atoms with Crippen LogP contribution < -0.4 is 10.1 Å². The van der Waals surface area contributed by atoms with Crippen LogP contribution in [0.5, 0.6) is 5.75 Å². The molecule has 1 heterocycles. The first-order valence-corrected chi connectivity index (χ1v) is 7.08. The molecule has 1 aromatic carbocycles. The first-order valence-electron chi connectivity index (χ1n) is 7.08. The van der Waals surface area contributed by atoms with E-state index in [9.17, 15) is 0 Å². The maximum Gasteiger partial charge on any atom is 0.122 e. The Morgan fingerprint density at radius 1 is 1.28 bits per heavy atom. The smallest absolute Gasteiger partial charge is 0.122 e. The van der Waals surface area contributed by atoms with Crippen LogP contribution >= 0.6 is 0 Å². The van der Waals surface area contributed by atoms with Crippen molar-refractivity contribution >= 4 is 0 Å². The molecule has 0 saturated heterocycles. The van der Waals surface area contributed by atoms with Crippen molar-refractivity contribution in [2.24, 2.45) is 11.8 Å². The number of hydrogen-bond acceptors (Lipinski definition) is 2. The van der Waals surface area contributed by atoms with Gasteiger partial charge in [-0.15, -0.1) is 0 Å². The molecule has 0 aromatic heterocycles. The zero-order chi connectivity index (χ0) is 13.0. The first kappa shape index (κ1) is 13.4. The fourth-order valence-electron chi connectivity index (χ4n) is 2.86. The van der Waals surface area contributed by atoms with Crippen LogP contribution in [0.1, 0.15) is 38.2 Å². The highest BCUT2D eigenvalue weighted by Crippen LogP contribution is 2.38. The summed E-state index contributed by atoms with van der Waals surface area (Å²) in [5, 5.41) is 3.28. The van der Waals surface area contributed by atoms with Crippen molar-refractivity contribution in [3.63, 3.8) is 0 Å². The van der Waals surface area contributed by atoms with Gasteiger partial charge in [-0.3, -0.25) is 0 Å². The molecular weight excluding hydrogens is 222 g/mol. The van der Waals surface area contributed by atoms with Crippen LogP contribution in [0.3, 0.4) is 0 Å². The van der Waals surface area contributed by atoms with Gasteiger partial charge in [0, 0.05) is 0 Å². The molecule has 0 fully saturated rings. The quantitative estimate of drug-likeness (QED) is 0.860. The number of para-hydroxylation sites is 1. The van der Waals surface area contributed by atoms with Crippen molar-refractivity contribution in [3.05, 3.63) is 29.8 Å². The topological polar surface area (TPSA) is 21.3 Å². The Morgan fingerprint density at radius 3 is 2.83 bits per heavy atom. The zero-order valence-electron chi connectivity index (χ0n) is 11.8. The van der Waals surface area contributed by atoms with Crippen LogP contribution in [0.15, 0.2) is 24.3 Å². The Morgan fingerprint density at radius 2 is 2.06 bits per heavy atom. The van der Waals surface area contributed by atoms with Crippen molar-refractivity contribution in [1.29, 1.82) is 0 Å². The van der Waals surface area contributed by atoms with Gasteiger partial charge in [-0.25, -0.2) is 0 Å². The van der Waals surface area contributed by atoms with Crippen LogP contribution in [0.2, 0.25) is 0 Å². The van der Waals surface area contributed by atoms with E-state index in [2.05, 4.69) is 43.4 Å². The van der Waals surface area contributed by atoms with E-state index in [1.54, 1.807) is 0 Å². The van der Waals surface area contributed by atoms with E-state index in [1.165, 1.54) is 12.0 Å². The highest BCUT2D eigenvalue weighted by Gasteiger charge is 2.24. The average molecular weight is 247 g/mol. The van der Waals surface area contributed by atoms with Gasteiger partial charge in [-0.2, -0.15) is 0 Å². The molecule has 3 atom stereocenters. The van der Waals surface area contributed by atoms with E-state index >= 15 is 0 Å². The van der Waals surface area contributed by atoms with Crippen molar-refractivity contribution in [2.45, 2.75) is 32.6 Å². The van der Waals surface area contributed by atoms with E-state index in [4.69, 9.17) is 4.74 Å². The summed E-state index contributed by atoms with van der Waals surface area (Å²) in [6.07, 6.45) is 2.43. The first-order chi connectivity index (χ1) is 8.72. The van der Waals surface area contributed by atoms with Gasteiger partial charge in [0.1, 0.15) is 5.75 Å². The van der Waals surface area contributed by atoms with Gasteiger partial charge in [0.2, 0.25) is 0 Å². The number of nitrogens with one attached hydrogen (secondary N) is 1. The molecule has 1 N–H and O–H groups in total. The minimum atomic E-state index is 0.671. The fraction of sp³-hybridized carbons (Fsp3) is 0.625. The Hall–Kier alpha value is -1.02. The van der Waals surface area contributed by atoms with Gasteiger partial charge >= 0.3 is 0 Å². The molecule has 2 nitrogen and oxygen atoms in total. The van der Waals surface area contributed by atoms with Crippen molar-refractivity contribution in [2.75, 3.05) is 20.2 Å². The molecule has 2 rings (SSSR count). The summed E-state index contributed by atoms with van der Waals surface area (Å²) < 4.78 is 5.73. The second kappa shape index (κ2) is 6.24. The Labute approximate surface area is 111 Å². The molecule has 0 bridgehead atoms. The lowest BCUT2D eigenvalue weighted by atomic mass is 9.81. The summed E-state index contributed by atoms with van der Waals surface area (Å²) in [5.74, 6) is 3.24. The average Bonchev–Trinajstić information content (AvgIpc) is 2.39. The monoisotopic (exact) mass is 247 g/mol. The standard InChI is InChI=1S/C16H25NO/c1-12(13(2)11-17-3)10-14-8-9-18-16-7-5-4-6-15(14)16/h4-7,12-14,17H,8-11H2,1-3H3. The van der Waals surface area contributed by atoms with Gasteiger partial charge in [0.15, 0.2) is 0 Å². The second-order valence-electron chi connectivity index (χ2n) is 5.62. The van der Waals surface area contributed by atoms with E-state index in [0.717, 1.165) is 37.2 Å². The molecule has 3 unspecified atom stereocenters. The molecule has 0 spiro atoms. The number of fused-ring (bicyclic) bond motifs is 1. The summed E-state index contributed by atoms with van der Waals surface area (Å²) in [5.41, 5.74) is 1.41. The Balaban J connectivity index is 2.02. The maximum atomic E-state index is 5.73. The summed E-state index contributed by atoms with van der Waals surface area (Å²) in [6.45, 7) is 6.69. The van der Waals surface area contributed by atoms with Crippen molar-refractivity contribution in [1.82, 2.24) is 5.32 Å². The molecule has 100 valence electrons. The summed E-state index contributed by atoms with van der Waals surface area (Å²) >= 11 is 0. The summed E-state index contributed by atoms with van der Waals surface area (Å²) in [6, 6.07) is 8.52. The van der Waals surface area contributed by atoms with Gasteiger partial charge < -0.3 is 10.1 Å². The van der Waals surface area contributed by atoms with Gasteiger partial charge in [0.25, 0.3) is 0 Å². The van der Waals surface area contributed by atoms with Gasteiger partial charge in [0.05, 0.1) is 6.61 Å². The Bertz CT molecular complexity index is 377. The molecule has 18 heavy (non-hydrogen) atoms. The van der Waals surface area contributed by atoms with Crippen molar-refractivity contribution in [3.8, 4) is 5.75 Å². The zero-order valence-corrected chi connectivity index (χ0v) is 11.8. The molecule has 0 saturated carbocycles. The van der Waals surface area contributed by atoms with Crippen LogP contribution in [-0.4, -0.2) is 20.2 Å². The highest BCUT2D eigenvalue weighted by atomic mass is 16.5. The van der Waals surface area contributed by atoms with Gasteiger partial charge in [-0.1, -0.05) is 32.0 Å². The number of rotatable bonds is 5. The fourth-order valence-corrected chi connectivity index (χ4v) is 2.86. The van der Waals surface area contributed by atoms with E-state index < -0.39 is 0 Å². The third-order valence-electron chi connectivity index (χ3n) is 4.24. The van der Waals surface area contributed by atoms with E-state index in [0.29, 0.717) is 5.92 Å². The lowest BCUT2D eigenvalue weighted by Gasteiger charge is -2.30. The minimum absolute atomic E-state index is 0.671. The molecule has 2 heteroatoms. The van der Waals surface area contributed by atoms with E-state index in [-0.39, 0.29) is 0 Å². The predicted octanol–water partition coefficient (Wildman–Crippen LogP) is 3.43. The van der Waals surface area contributed by atoms with Crippen LogP contribution in [0.25, 0.3) is 0 Å².